The molecule has 1 aromatic rings. The first-order chi connectivity index (χ1) is 10.6. The lowest BCUT2D eigenvalue weighted by molar-refractivity contribution is 0.242. The zero-order chi connectivity index (χ0) is 15.9. The van der Waals surface area contributed by atoms with Crippen molar-refractivity contribution in [2.24, 2.45) is 0 Å². The quantitative estimate of drug-likeness (QED) is 0.758. The van der Waals surface area contributed by atoms with E-state index in [-0.39, 0.29) is 6.10 Å². The minimum atomic E-state index is 0.206. The number of rotatable bonds is 7. The summed E-state index contributed by atoms with van der Waals surface area (Å²) in [7, 11) is 0. The second-order valence-corrected chi connectivity index (χ2v) is 6.68. The van der Waals surface area contributed by atoms with Gasteiger partial charge in [-0.3, -0.25) is 0 Å². The Morgan fingerprint density at radius 2 is 2.14 bits per heavy atom. The first kappa shape index (κ1) is 17.1. The molecule has 1 aliphatic rings. The van der Waals surface area contributed by atoms with Crippen molar-refractivity contribution in [1.29, 1.82) is 0 Å². The maximum absolute atomic E-state index is 6.12. The van der Waals surface area contributed by atoms with E-state index in [0.717, 1.165) is 25.4 Å². The molecule has 0 radical (unpaired) electrons. The van der Waals surface area contributed by atoms with E-state index in [1.54, 1.807) is 0 Å². The van der Waals surface area contributed by atoms with Gasteiger partial charge in [-0.25, -0.2) is 0 Å². The van der Waals surface area contributed by atoms with Gasteiger partial charge in [0, 0.05) is 19.1 Å². The number of anilines is 1. The summed E-state index contributed by atoms with van der Waals surface area (Å²) < 4.78 is 6.12. The van der Waals surface area contributed by atoms with Gasteiger partial charge in [-0.05, 0) is 70.7 Å². The fourth-order valence-corrected chi connectivity index (χ4v) is 3.12. The van der Waals surface area contributed by atoms with E-state index in [2.05, 4.69) is 56.1 Å². The van der Waals surface area contributed by atoms with Crippen LogP contribution in [0.3, 0.4) is 0 Å². The molecule has 1 atom stereocenters. The smallest absolute Gasteiger partial charge is 0.143 e. The zero-order valence-corrected chi connectivity index (χ0v) is 14.7. The monoisotopic (exact) mass is 304 g/mol. The number of piperidine rings is 1. The van der Waals surface area contributed by atoms with Gasteiger partial charge >= 0.3 is 0 Å². The molecule has 0 aliphatic carbocycles. The predicted molar refractivity (Wildman–Crippen MR) is 94.9 cm³/mol. The lowest BCUT2D eigenvalue weighted by Crippen LogP contribution is -2.37. The number of hydrogen-bond donors (Lipinski definition) is 1. The van der Waals surface area contributed by atoms with Crippen molar-refractivity contribution in [3.05, 3.63) is 23.8 Å². The third-order valence-corrected chi connectivity index (χ3v) is 4.26. The van der Waals surface area contributed by atoms with E-state index in [1.807, 2.05) is 0 Å². The van der Waals surface area contributed by atoms with Crippen LogP contribution in [0.25, 0.3) is 0 Å². The molecule has 1 aromatic carbocycles. The molecule has 0 amide bonds. The van der Waals surface area contributed by atoms with Crippen LogP contribution >= 0.6 is 0 Å². The first-order valence-electron chi connectivity index (χ1n) is 8.88. The van der Waals surface area contributed by atoms with Crippen molar-refractivity contribution in [3.63, 3.8) is 0 Å². The third kappa shape index (κ3) is 4.64. The highest BCUT2D eigenvalue weighted by Gasteiger charge is 2.22. The van der Waals surface area contributed by atoms with Crippen molar-refractivity contribution in [2.75, 3.05) is 18.0 Å². The SMILES string of the molecule is CCCNCc1ccc(N2CCCCC2C)c(OC(C)C)c1. The van der Waals surface area contributed by atoms with Gasteiger partial charge in [0.1, 0.15) is 5.75 Å². The molecule has 22 heavy (non-hydrogen) atoms. The molecular weight excluding hydrogens is 272 g/mol. The molecule has 124 valence electrons. The second kappa shape index (κ2) is 8.42. The predicted octanol–water partition coefficient (Wildman–Crippen LogP) is 4.35. The second-order valence-electron chi connectivity index (χ2n) is 6.68. The van der Waals surface area contributed by atoms with Crippen LogP contribution < -0.4 is 15.0 Å². The summed E-state index contributed by atoms with van der Waals surface area (Å²) in [6, 6.07) is 7.32. The molecule has 1 unspecified atom stereocenters. The summed E-state index contributed by atoms with van der Waals surface area (Å²) in [5.74, 6) is 1.04. The van der Waals surface area contributed by atoms with E-state index in [1.165, 1.54) is 36.9 Å². The molecule has 0 aromatic heterocycles. The molecule has 1 N–H and O–H groups in total. The zero-order valence-electron chi connectivity index (χ0n) is 14.7. The summed E-state index contributed by atoms with van der Waals surface area (Å²) in [6.45, 7) is 11.8. The van der Waals surface area contributed by atoms with Gasteiger partial charge in [-0.2, -0.15) is 0 Å². The van der Waals surface area contributed by atoms with Crippen LogP contribution in [0.5, 0.6) is 5.75 Å². The van der Waals surface area contributed by atoms with Crippen LogP contribution in [-0.2, 0) is 6.54 Å². The van der Waals surface area contributed by atoms with Gasteiger partial charge in [0.2, 0.25) is 0 Å². The molecule has 0 spiro atoms. The first-order valence-corrected chi connectivity index (χ1v) is 8.88. The highest BCUT2D eigenvalue weighted by atomic mass is 16.5. The van der Waals surface area contributed by atoms with Crippen LogP contribution in [-0.4, -0.2) is 25.2 Å². The van der Waals surface area contributed by atoms with Gasteiger partial charge in [0.05, 0.1) is 11.8 Å². The van der Waals surface area contributed by atoms with Crippen molar-refractivity contribution in [1.82, 2.24) is 5.32 Å². The minimum absolute atomic E-state index is 0.206. The van der Waals surface area contributed by atoms with Crippen molar-refractivity contribution >= 4 is 5.69 Å². The Balaban J connectivity index is 2.19. The number of nitrogens with zero attached hydrogens (tertiary/aromatic N) is 1. The van der Waals surface area contributed by atoms with Gasteiger partial charge < -0.3 is 15.0 Å². The Morgan fingerprint density at radius 3 is 2.82 bits per heavy atom. The molecule has 0 bridgehead atoms. The molecule has 0 saturated carbocycles. The molecule has 3 heteroatoms. The minimum Gasteiger partial charge on any atom is -0.489 e. The molecular formula is C19H32N2O. The number of hydrogen-bond acceptors (Lipinski definition) is 3. The van der Waals surface area contributed by atoms with Crippen molar-refractivity contribution in [2.45, 2.75) is 72.1 Å². The number of nitrogens with one attached hydrogen (secondary N) is 1. The maximum atomic E-state index is 6.12. The maximum Gasteiger partial charge on any atom is 0.143 e. The van der Waals surface area contributed by atoms with Crippen molar-refractivity contribution in [3.8, 4) is 5.75 Å². The van der Waals surface area contributed by atoms with Crippen LogP contribution in [0.4, 0.5) is 5.69 Å². The molecule has 2 rings (SSSR count). The Bertz CT molecular complexity index is 459. The van der Waals surface area contributed by atoms with E-state index in [4.69, 9.17) is 4.74 Å². The number of benzene rings is 1. The Labute approximate surface area is 136 Å². The standard InChI is InChI=1S/C19H32N2O/c1-5-11-20-14-17-9-10-18(19(13-17)22-15(2)3)21-12-7-6-8-16(21)4/h9-10,13,15-16,20H,5-8,11-12,14H2,1-4H3. The van der Waals surface area contributed by atoms with Crippen molar-refractivity contribution < 1.29 is 4.74 Å². The fraction of sp³-hybridized carbons (Fsp3) is 0.684. The summed E-state index contributed by atoms with van der Waals surface area (Å²) in [5.41, 5.74) is 2.57. The van der Waals surface area contributed by atoms with E-state index < -0.39 is 0 Å². The largest absolute Gasteiger partial charge is 0.489 e. The van der Waals surface area contributed by atoms with E-state index in [0.29, 0.717) is 6.04 Å². The Kier molecular flexibility index (Phi) is 6.56. The summed E-state index contributed by atoms with van der Waals surface area (Å²) in [4.78, 5) is 2.52. The van der Waals surface area contributed by atoms with Crippen LogP contribution in [0.15, 0.2) is 18.2 Å². The molecule has 3 nitrogen and oxygen atoms in total. The fourth-order valence-electron chi connectivity index (χ4n) is 3.12. The average molecular weight is 304 g/mol. The highest BCUT2D eigenvalue weighted by Crippen LogP contribution is 2.34. The lowest BCUT2D eigenvalue weighted by Gasteiger charge is -2.36. The number of ether oxygens (including phenoxy) is 1. The molecule has 1 fully saturated rings. The molecule has 1 heterocycles. The van der Waals surface area contributed by atoms with Crippen LogP contribution in [0.1, 0.15) is 58.9 Å². The lowest BCUT2D eigenvalue weighted by atomic mass is 10.0. The summed E-state index contributed by atoms with van der Waals surface area (Å²) in [6.07, 6.45) is 5.28. The molecule has 1 saturated heterocycles. The normalized spacial score (nSPS) is 18.8. The Morgan fingerprint density at radius 1 is 1.32 bits per heavy atom. The van der Waals surface area contributed by atoms with Gasteiger partial charge in [-0.1, -0.05) is 13.0 Å². The van der Waals surface area contributed by atoms with E-state index in [9.17, 15) is 0 Å². The summed E-state index contributed by atoms with van der Waals surface area (Å²) in [5, 5.41) is 3.47. The topological polar surface area (TPSA) is 24.5 Å². The van der Waals surface area contributed by atoms with Gasteiger partial charge in [0.25, 0.3) is 0 Å². The molecule has 1 aliphatic heterocycles. The summed E-state index contributed by atoms with van der Waals surface area (Å²) >= 11 is 0. The van der Waals surface area contributed by atoms with E-state index >= 15 is 0 Å². The van der Waals surface area contributed by atoms with Crippen LogP contribution in [0, 0.1) is 0 Å². The highest BCUT2D eigenvalue weighted by molar-refractivity contribution is 5.60. The van der Waals surface area contributed by atoms with Gasteiger partial charge in [-0.15, -0.1) is 0 Å². The van der Waals surface area contributed by atoms with Crippen LogP contribution in [0.2, 0.25) is 0 Å². The average Bonchev–Trinajstić information content (AvgIpc) is 2.48. The van der Waals surface area contributed by atoms with Gasteiger partial charge in [0.15, 0.2) is 0 Å². The Hall–Kier alpha value is -1.22. The third-order valence-electron chi connectivity index (χ3n) is 4.26.